The molecule has 22 heavy (non-hydrogen) atoms. The van der Waals surface area contributed by atoms with Gasteiger partial charge in [-0.25, -0.2) is 14.9 Å². The van der Waals surface area contributed by atoms with Crippen LogP contribution in [0.25, 0.3) is 0 Å². The molecule has 5 N–H and O–H groups in total. The Balaban J connectivity index is 2.49. The number of nitrogens with zero attached hydrogens (tertiary/aromatic N) is 1. The van der Waals surface area contributed by atoms with E-state index in [1.807, 2.05) is 0 Å². The molecule has 0 fully saturated rings. The van der Waals surface area contributed by atoms with Crippen LogP contribution in [0.3, 0.4) is 0 Å². The molecule has 1 aromatic heterocycles. The number of hydroxylamine groups is 1. The molecule has 1 aromatic carbocycles. The number of hydrogen-bond donors (Lipinski definition) is 5. The summed E-state index contributed by atoms with van der Waals surface area (Å²) in [6, 6.07) is 4.98. The molecule has 0 aliphatic rings. The number of carbonyl (C=O) groups excluding carboxylic acids is 1. The summed E-state index contributed by atoms with van der Waals surface area (Å²) in [7, 11) is 0. The van der Waals surface area contributed by atoms with E-state index in [1.165, 1.54) is 17.6 Å². The highest BCUT2D eigenvalue weighted by Gasteiger charge is 2.23. The van der Waals surface area contributed by atoms with Crippen molar-refractivity contribution in [3.63, 3.8) is 0 Å². The van der Waals surface area contributed by atoms with Gasteiger partial charge in [0.1, 0.15) is 11.9 Å². The molecule has 0 radical (unpaired) electrons. The number of pyridine rings is 1. The summed E-state index contributed by atoms with van der Waals surface area (Å²) >= 11 is 0. The molecule has 0 aliphatic carbocycles. The number of carbonyl (C=O) groups is 1. The Hall–Kier alpha value is -2.55. The second-order valence-corrected chi connectivity index (χ2v) is 4.44. The highest BCUT2D eigenvalue weighted by atomic mass is 19.1. The van der Waals surface area contributed by atoms with Gasteiger partial charge in [0.2, 0.25) is 0 Å². The normalized spacial score (nSPS) is 12.0. The summed E-state index contributed by atoms with van der Waals surface area (Å²) in [5.74, 6) is -2.20. The van der Waals surface area contributed by atoms with Gasteiger partial charge in [-0.05, 0) is 17.7 Å². The first kappa shape index (κ1) is 15.8. The minimum Gasteiger partial charge on any atom is -0.505 e. The van der Waals surface area contributed by atoms with Crippen molar-refractivity contribution in [2.45, 2.75) is 12.7 Å². The monoisotopic (exact) mass is 308 g/mol. The van der Waals surface area contributed by atoms with E-state index in [4.69, 9.17) is 5.21 Å². The van der Waals surface area contributed by atoms with Crippen LogP contribution in [0.5, 0.6) is 5.75 Å². The van der Waals surface area contributed by atoms with Gasteiger partial charge in [-0.2, -0.15) is 0 Å². The van der Waals surface area contributed by atoms with E-state index in [0.717, 1.165) is 18.3 Å². The van der Waals surface area contributed by atoms with Crippen LogP contribution < -0.4 is 5.48 Å². The van der Waals surface area contributed by atoms with Gasteiger partial charge in [0.15, 0.2) is 11.4 Å². The summed E-state index contributed by atoms with van der Waals surface area (Å²) in [6.45, 7) is -0.673. The standard InChI is InChI=1S/C14H13FN2O5/c15-8-3-1-7(2-4-8)12(19)9-5-16-11(14(21)17-22)13(20)10(9)6-18/h1-5,12,18-20,22H,6H2,(H,17,21). The van der Waals surface area contributed by atoms with Crippen LogP contribution in [0, 0.1) is 5.82 Å². The molecule has 0 saturated heterocycles. The first-order chi connectivity index (χ1) is 10.5. The highest BCUT2D eigenvalue weighted by molar-refractivity contribution is 5.94. The second-order valence-electron chi connectivity index (χ2n) is 4.44. The number of aromatic nitrogens is 1. The van der Waals surface area contributed by atoms with Crippen LogP contribution in [0.1, 0.15) is 33.3 Å². The predicted molar refractivity (Wildman–Crippen MR) is 71.5 cm³/mol. The Kier molecular flexibility index (Phi) is 4.66. The Bertz CT molecular complexity index is 690. The van der Waals surface area contributed by atoms with E-state index < -0.39 is 35.9 Å². The fourth-order valence-electron chi connectivity index (χ4n) is 2.00. The summed E-state index contributed by atoms with van der Waals surface area (Å²) in [5.41, 5.74) is 1.07. The number of aliphatic hydroxyl groups is 2. The number of benzene rings is 1. The third-order valence-corrected chi connectivity index (χ3v) is 3.15. The summed E-state index contributed by atoms with van der Waals surface area (Å²) in [5, 5.41) is 38.1. The van der Waals surface area contributed by atoms with Crippen LogP contribution in [0.15, 0.2) is 30.5 Å². The van der Waals surface area contributed by atoms with Crippen LogP contribution >= 0.6 is 0 Å². The number of nitrogens with one attached hydrogen (secondary N) is 1. The lowest BCUT2D eigenvalue weighted by atomic mass is 9.97. The van der Waals surface area contributed by atoms with Crippen LogP contribution in [0.4, 0.5) is 4.39 Å². The van der Waals surface area contributed by atoms with Crippen LogP contribution in [-0.2, 0) is 6.61 Å². The molecule has 1 atom stereocenters. The molecule has 0 aliphatic heterocycles. The molecular weight excluding hydrogens is 295 g/mol. The molecule has 2 rings (SSSR count). The number of hydrogen-bond acceptors (Lipinski definition) is 6. The number of aromatic hydroxyl groups is 1. The smallest absolute Gasteiger partial charge is 0.297 e. The van der Waals surface area contributed by atoms with Gasteiger partial charge < -0.3 is 15.3 Å². The third-order valence-electron chi connectivity index (χ3n) is 3.15. The Morgan fingerprint density at radius 2 is 1.95 bits per heavy atom. The van der Waals surface area contributed by atoms with Gasteiger partial charge in [0, 0.05) is 17.3 Å². The lowest BCUT2D eigenvalue weighted by molar-refractivity contribution is 0.0696. The molecule has 1 amide bonds. The fourth-order valence-corrected chi connectivity index (χ4v) is 2.00. The maximum absolute atomic E-state index is 12.9. The van der Waals surface area contributed by atoms with Crippen molar-refractivity contribution in [2.24, 2.45) is 0 Å². The molecular formula is C14H13FN2O5. The van der Waals surface area contributed by atoms with E-state index in [0.29, 0.717) is 5.56 Å². The summed E-state index contributed by atoms with van der Waals surface area (Å²) < 4.78 is 12.9. The van der Waals surface area contributed by atoms with Crippen molar-refractivity contribution in [1.29, 1.82) is 0 Å². The quantitative estimate of drug-likeness (QED) is 0.417. The molecule has 0 saturated carbocycles. The maximum atomic E-state index is 12.9. The van der Waals surface area contributed by atoms with Gasteiger partial charge >= 0.3 is 0 Å². The van der Waals surface area contributed by atoms with Crippen molar-refractivity contribution in [3.8, 4) is 5.75 Å². The lowest BCUT2D eigenvalue weighted by Gasteiger charge is -2.17. The van der Waals surface area contributed by atoms with E-state index in [2.05, 4.69) is 4.98 Å². The van der Waals surface area contributed by atoms with Crippen molar-refractivity contribution in [2.75, 3.05) is 0 Å². The van der Waals surface area contributed by atoms with Crippen LogP contribution in [0.2, 0.25) is 0 Å². The Labute approximate surface area is 124 Å². The van der Waals surface area contributed by atoms with Gasteiger partial charge in [-0.3, -0.25) is 10.0 Å². The first-order valence-corrected chi connectivity index (χ1v) is 6.19. The zero-order valence-corrected chi connectivity index (χ0v) is 11.2. The van der Waals surface area contributed by atoms with E-state index in [9.17, 15) is 24.5 Å². The second kappa shape index (κ2) is 6.48. The number of halogens is 1. The highest BCUT2D eigenvalue weighted by Crippen LogP contribution is 2.31. The predicted octanol–water partition coefficient (Wildman–Crippen LogP) is 0.619. The van der Waals surface area contributed by atoms with E-state index >= 15 is 0 Å². The number of amides is 1. The average molecular weight is 308 g/mol. The minimum absolute atomic E-state index is 0.0566. The lowest BCUT2D eigenvalue weighted by Crippen LogP contribution is -2.21. The molecule has 1 unspecified atom stereocenters. The molecule has 0 spiro atoms. The first-order valence-electron chi connectivity index (χ1n) is 6.19. The Morgan fingerprint density at radius 3 is 2.50 bits per heavy atom. The van der Waals surface area contributed by atoms with Crippen molar-refractivity contribution >= 4 is 5.91 Å². The minimum atomic E-state index is -1.28. The van der Waals surface area contributed by atoms with Crippen molar-refractivity contribution in [1.82, 2.24) is 10.5 Å². The van der Waals surface area contributed by atoms with E-state index in [-0.39, 0.29) is 11.1 Å². The Morgan fingerprint density at radius 1 is 1.32 bits per heavy atom. The van der Waals surface area contributed by atoms with E-state index in [1.54, 1.807) is 0 Å². The van der Waals surface area contributed by atoms with Gasteiger partial charge in [0.25, 0.3) is 5.91 Å². The number of aliphatic hydroxyl groups excluding tert-OH is 2. The van der Waals surface area contributed by atoms with Gasteiger partial charge in [-0.1, -0.05) is 12.1 Å². The third kappa shape index (κ3) is 2.89. The van der Waals surface area contributed by atoms with Gasteiger partial charge in [-0.15, -0.1) is 0 Å². The molecule has 8 heteroatoms. The fraction of sp³-hybridized carbons (Fsp3) is 0.143. The molecule has 7 nitrogen and oxygen atoms in total. The van der Waals surface area contributed by atoms with Crippen molar-refractivity contribution in [3.05, 3.63) is 58.7 Å². The topological polar surface area (TPSA) is 123 Å². The zero-order valence-electron chi connectivity index (χ0n) is 11.2. The maximum Gasteiger partial charge on any atom is 0.297 e. The van der Waals surface area contributed by atoms with Crippen LogP contribution in [-0.4, -0.2) is 31.4 Å². The van der Waals surface area contributed by atoms with Crippen molar-refractivity contribution < 1.29 is 29.7 Å². The molecule has 2 aromatic rings. The van der Waals surface area contributed by atoms with Gasteiger partial charge in [0.05, 0.1) is 6.61 Å². The number of rotatable bonds is 4. The SMILES string of the molecule is O=C(NO)c1ncc(C(O)c2ccc(F)cc2)c(CO)c1O. The average Bonchev–Trinajstić information content (AvgIpc) is 2.53. The summed E-state index contributed by atoms with van der Waals surface area (Å²) in [4.78, 5) is 15.0. The summed E-state index contributed by atoms with van der Waals surface area (Å²) in [6.07, 6.45) is -0.198. The largest absolute Gasteiger partial charge is 0.505 e. The molecule has 1 heterocycles. The molecule has 116 valence electrons. The molecule has 0 bridgehead atoms. The zero-order chi connectivity index (χ0) is 16.3.